The Kier molecular flexibility index (Phi) is 8.23. The number of hydrogen-bond acceptors (Lipinski definition) is 4. The summed E-state index contributed by atoms with van der Waals surface area (Å²) in [5.74, 6) is 0.0528. The van der Waals surface area contributed by atoms with Gasteiger partial charge < -0.3 is 16.0 Å². The van der Waals surface area contributed by atoms with E-state index in [1.165, 1.54) is 12.1 Å². The molecule has 7 nitrogen and oxygen atoms in total. The van der Waals surface area contributed by atoms with Crippen molar-refractivity contribution in [3.63, 3.8) is 0 Å². The van der Waals surface area contributed by atoms with Crippen molar-refractivity contribution in [2.45, 2.75) is 52.5 Å². The highest BCUT2D eigenvalue weighted by molar-refractivity contribution is 5.88. The van der Waals surface area contributed by atoms with E-state index in [9.17, 15) is 18.8 Å². The predicted molar refractivity (Wildman–Crippen MR) is 121 cm³/mol. The molecule has 3 N–H and O–H groups in total. The van der Waals surface area contributed by atoms with E-state index in [1.54, 1.807) is 6.07 Å². The standard InChI is InChI=1S/C24H35FN4O3/c1-3-16(2)23(31)29-11-8-18(9-12-29)22(30)19-5-4-10-28(15-19)14-17-6-7-21(20(25)13-17)27-24(26)32/h6-7,13,16,18-19H,3-5,8-12,14-15H2,1-2H3,(H3,26,27,32)/t16?,19-/m0/s1. The van der Waals surface area contributed by atoms with Crippen molar-refractivity contribution in [3.05, 3.63) is 29.6 Å². The molecule has 176 valence electrons. The van der Waals surface area contributed by atoms with Crippen LogP contribution in [0.3, 0.4) is 0 Å². The van der Waals surface area contributed by atoms with Gasteiger partial charge >= 0.3 is 6.03 Å². The summed E-state index contributed by atoms with van der Waals surface area (Å²) in [6.45, 7) is 7.42. The van der Waals surface area contributed by atoms with E-state index < -0.39 is 11.8 Å². The summed E-state index contributed by atoms with van der Waals surface area (Å²) in [4.78, 5) is 40.6. The van der Waals surface area contributed by atoms with E-state index in [0.717, 1.165) is 44.2 Å². The summed E-state index contributed by atoms with van der Waals surface area (Å²) >= 11 is 0. The van der Waals surface area contributed by atoms with E-state index in [2.05, 4.69) is 10.2 Å². The zero-order valence-electron chi connectivity index (χ0n) is 19.1. The normalized spacial score (nSPS) is 21.2. The molecule has 2 aliphatic rings. The van der Waals surface area contributed by atoms with Gasteiger partial charge in [0.2, 0.25) is 5.91 Å². The quantitative estimate of drug-likeness (QED) is 0.671. The molecule has 0 bridgehead atoms. The minimum absolute atomic E-state index is 0.00813. The monoisotopic (exact) mass is 446 g/mol. The fourth-order valence-electron chi connectivity index (χ4n) is 4.78. The number of nitrogens with two attached hydrogens (primary N) is 1. The molecule has 0 aromatic heterocycles. The molecule has 2 aliphatic heterocycles. The number of hydrogen-bond donors (Lipinski definition) is 2. The number of halogens is 1. The van der Waals surface area contributed by atoms with Crippen molar-refractivity contribution in [3.8, 4) is 0 Å². The van der Waals surface area contributed by atoms with Gasteiger partial charge in [-0.2, -0.15) is 0 Å². The Bertz CT molecular complexity index is 839. The second-order valence-corrected chi connectivity index (χ2v) is 9.19. The van der Waals surface area contributed by atoms with E-state index in [1.807, 2.05) is 18.7 Å². The molecule has 3 amide bonds. The predicted octanol–water partition coefficient (Wildman–Crippen LogP) is 3.38. The summed E-state index contributed by atoms with van der Waals surface area (Å²) < 4.78 is 14.2. The molecule has 8 heteroatoms. The molecule has 1 aromatic rings. The van der Waals surface area contributed by atoms with E-state index >= 15 is 0 Å². The van der Waals surface area contributed by atoms with Gasteiger partial charge in [-0.1, -0.05) is 19.9 Å². The Morgan fingerprint density at radius 3 is 2.50 bits per heavy atom. The minimum atomic E-state index is -0.802. The van der Waals surface area contributed by atoms with Gasteiger partial charge in [0.25, 0.3) is 0 Å². The third-order valence-corrected chi connectivity index (χ3v) is 6.85. The topological polar surface area (TPSA) is 95.7 Å². The Labute approximate surface area is 189 Å². The van der Waals surface area contributed by atoms with Crippen LogP contribution in [0.15, 0.2) is 18.2 Å². The highest BCUT2D eigenvalue weighted by Crippen LogP contribution is 2.28. The van der Waals surface area contributed by atoms with Gasteiger partial charge in [0, 0.05) is 43.9 Å². The molecule has 1 unspecified atom stereocenters. The number of rotatable bonds is 7. The molecule has 3 rings (SSSR count). The molecule has 0 saturated carbocycles. The van der Waals surface area contributed by atoms with Crippen LogP contribution < -0.4 is 11.1 Å². The molecular formula is C24H35FN4O3. The van der Waals surface area contributed by atoms with Gasteiger partial charge in [0.05, 0.1) is 5.69 Å². The van der Waals surface area contributed by atoms with Crippen LogP contribution in [0.1, 0.15) is 51.5 Å². The number of piperidine rings is 2. The summed E-state index contributed by atoms with van der Waals surface area (Å²) in [5, 5.41) is 2.26. The lowest BCUT2D eigenvalue weighted by molar-refractivity contribution is -0.139. The van der Waals surface area contributed by atoms with Gasteiger partial charge in [-0.25, -0.2) is 9.18 Å². The fraction of sp³-hybridized carbons (Fsp3) is 0.625. The average molecular weight is 447 g/mol. The SMILES string of the molecule is CCC(C)C(=O)N1CCC(C(=O)[C@H]2CCCN(Cc3ccc(NC(N)=O)c(F)c3)C2)CC1. The number of anilines is 1. The van der Waals surface area contributed by atoms with Crippen LogP contribution in [0.4, 0.5) is 14.9 Å². The van der Waals surface area contributed by atoms with Crippen LogP contribution in [0.2, 0.25) is 0 Å². The van der Waals surface area contributed by atoms with E-state index in [-0.39, 0.29) is 29.3 Å². The number of amides is 3. The largest absolute Gasteiger partial charge is 0.351 e. The summed E-state index contributed by atoms with van der Waals surface area (Å²) in [6.07, 6.45) is 4.15. The Hall–Kier alpha value is -2.48. The third kappa shape index (κ3) is 6.06. The van der Waals surface area contributed by atoms with Crippen molar-refractivity contribution >= 4 is 23.4 Å². The van der Waals surface area contributed by atoms with Crippen molar-refractivity contribution in [1.29, 1.82) is 0 Å². The number of carbonyl (C=O) groups is 3. The maximum Gasteiger partial charge on any atom is 0.316 e. The van der Waals surface area contributed by atoms with Crippen LogP contribution in [0, 0.1) is 23.6 Å². The average Bonchev–Trinajstić information content (AvgIpc) is 2.79. The molecule has 2 fully saturated rings. The lowest BCUT2D eigenvalue weighted by Gasteiger charge is -2.37. The molecule has 0 aliphatic carbocycles. The van der Waals surface area contributed by atoms with Gasteiger partial charge in [-0.15, -0.1) is 0 Å². The molecule has 0 radical (unpaired) electrons. The lowest BCUT2D eigenvalue weighted by atomic mass is 9.82. The number of primary amides is 1. The maximum atomic E-state index is 14.2. The van der Waals surface area contributed by atoms with Crippen molar-refractivity contribution in [2.24, 2.45) is 23.5 Å². The van der Waals surface area contributed by atoms with Gasteiger partial charge in [-0.3, -0.25) is 14.5 Å². The Morgan fingerprint density at radius 1 is 1.16 bits per heavy atom. The molecule has 32 heavy (non-hydrogen) atoms. The van der Waals surface area contributed by atoms with E-state index in [0.29, 0.717) is 32.0 Å². The summed E-state index contributed by atoms with van der Waals surface area (Å²) in [6, 6.07) is 3.88. The highest BCUT2D eigenvalue weighted by atomic mass is 19.1. The summed E-state index contributed by atoms with van der Waals surface area (Å²) in [5.41, 5.74) is 5.91. The van der Waals surface area contributed by atoms with Gasteiger partial charge in [-0.05, 0) is 56.3 Å². The fourth-order valence-corrected chi connectivity index (χ4v) is 4.78. The Balaban J connectivity index is 1.52. The minimum Gasteiger partial charge on any atom is -0.351 e. The number of Topliss-reactive ketones (excluding diaryl/α,β-unsaturated/α-hetero) is 1. The first-order chi connectivity index (χ1) is 15.3. The first-order valence-corrected chi connectivity index (χ1v) is 11.7. The van der Waals surface area contributed by atoms with Crippen molar-refractivity contribution < 1.29 is 18.8 Å². The number of benzene rings is 1. The zero-order chi connectivity index (χ0) is 23.3. The number of ketones is 1. The molecule has 2 heterocycles. The molecule has 1 aromatic carbocycles. The number of urea groups is 1. The van der Waals surface area contributed by atoms with Gasteiger partial charge in [0.15, 0.2) is 0 Å². The number of nitrogens with zero attached hydrogens (tertiary/aromatic N) is 2. The van der Waals surface area contributed by atoms with Crippen LogP contribution in [0.5, 0.6) is 0 Å². The zero-order valence-corrected chi connectivity index (χ0v) is 19.1. The number of carbonyl (C=O) groups excluding carboxylic acids is 3. The molecule has 2 saturated heterocycles. The number of nitrogens with one attached hydrogen (secondary N) is 1. The number of likely N-dealkylation sites (tertiary alicyclic amines) is 2. The van der Waals surface area contributed by atoms with Crippen LogP contribution in [0.25, 0.3) is 0 Å². The summed E-state index contributed by atoms with van der Waals surface area (Å²) in [7, 11) is 0. The second kappa shape index (κ2) is 10.9. The van der Waals surface area contributed by atoms with Crippen LogP contribution in [-0.4, -0.2) is 53.7 Å². The van der Waals surface area contributed by atoms with Crippen LogP contribution in [-0.2, 0) is 16.1 Å². The smallest absolute Gasteiger partial charge is 0.316 e. The van der Waals surface area contributed by atoms with Crippen molar-refractivity contribution in [2.75, 3.05) is 31.5 Å². The van der Waals surface area contributed by atoms with Crippen LogP contribution >= 0.6 is 0 Å². The van der Waals surface area contributed by atoms with Gasteiger partial charge in [0.1, 0.15) is 11.6 Å². The van der Waals surface area contributed by atoms with Crippen molar-refractivity contribution in [1.82, 2.24) is 9.80 Å². The highest BCUT2D eigenvalue weighted by Gasteiger charge is 2.34. The molecule has 0 spiro atoms. The Morgan fingerprint density at radius 2 is 1.88 bits per heavy atom. The first-order valence-electron chi connectivity index (χ1n) is 11.7. The molecule has 2 atom stereocenters. The van der Waals surface area contributed by atoms with E-state index in [4.69, 9.17) is 5.73 Å². The third-order valence-electron chi connectivity index (χ3n) is 6.85. The lowest BCUT2D eigenvalue weighted by Crippen LogP contribution is -2.45. The maximum absolute atomic E-state index is 14.2. The first kappa shape index (κ1) is 24.2. The second-order valence-electron chi connectivity index (χ2n) is 9.19. The molecular weight excluding hydrogens is 411 g/mol.